The maximum atomic E-state index is 12.5. The van der Waals surface area contributed by atoms with Crippen molar-refractivity contribution in [3.8, 4) is 12.3 Å². The molecule has 0 unspecified atom stereocenters. The standard InChI is InChI=1S/C26H35N3O3S/c1-4-17-27-26(30)14-7-8-18-29(33(3,31)32)23-15-19-28(20-16-23)21(2)24-13-9-11-22-10-5-6-12-25(22)24/h1,5-6,9-13,21,23H,7-8,14-20H2,2-3H3,(H,27,30)/t21-/m1/s1. The third-order valence-electron chi connectivity index (χ3n) is 6.57. The van der Waals surface area contributed by atoms with Crippen LogP contribution in [0.2, 0.25) is 0 Å². The van der Waals surface area contributed by atoms with Crippen molar-refractivity contribution in [2.24, 2.45) is 0 Å². The maximum absolute atomic E-state index is 12.5. The van der Waals surface area contributed by atoms with Gasteiger partial charge in [0.2, 0.25) is 15.9 Å². The smallest absolute Gasteiger partial charge is 0.220 e. The molecule has 1 amide bonds. The van der Waals surface area contributed by atoms with Gasteiger partial charge in [-0.05, 0) is 48.9 Å². The second-order valence-electron chi connectivity index (χ2n) is 8.82. The van der Waals surface area contributed by atoms with Gasteiger partial charge in [0, 0.05) is 38.1 Å². The van der Waals surface area contributed by atoms with E-state index >= 15 is 0 Å². The van der Waals surface area contributed by atoms with Crippen LogP contribution in [0.1, 0.15) is 50.6 Å². The van der Waals surface area contributed by atoms with Crippen molar-refractivity contribution in [2.75, 3.05) is 32.4 Å². The molecule has 2 aromatic carbocycles. The number of terminal acetylenes is 1. The zero-order valence-corrected chi connectivity index (χ0v) is 20.5. The van der Waals surface area contributed by atoms with E-state index in [2.05, 4.69) is 65.5 Å². The summed E-state index contributed by atoms with van der Waals surface area (Å²) >= 11 is 0. The molecule has 0 radical (unpaired) electrons. The predicted molar refractivity (Wildman–Crippen MR) is 134 cm³/mol. The van der Waals surface area contributed by atoms with Crippen molar-refractivity contribution in [1.29, 1.82) is 0 Å². The van der Waals surface area contributed by atoms with Crippen LogP contribution in [-0.4, -0.2) is 62.0 Å². The Kier molecular flexibility index (Phi) is 8.90. The van der Waals surface area contributed by atoms with Crippen LogP contribution in [0.5, 0.6) is 0 Å². The Bertz CT molecular complexity index is 1080. The Balaban J connectivity index is 1.56. The summed E-state index contributed by atoms with van der Waals surface area (Å²) in [6.07, 6.45) is 9.71. The second kappa shape index (κ2) is 11.6. The quantitative estimate of drug-likeness (QED) is 0.427. The highest BCUT2D eigenvalue weighted by Gasteiger charge is 2.31. The summed E-state index contributed by atoms with van der Waals surface area (Å²) < 4.78 is 26.6. The molecule has 2 aromatic rings. The zero-order valence-electron chi connectivity index (χ0n) is 19.7. The van der Waals surface area contributed by atoms with Crippen molar-refractivity contribution in [3.63, 3.8) is 0 Å². The van der Waals surface area contributed by atoms with Crippen molar-refractivity contribution in [2.45, 2.75) is 51.1 Å². The van der Waals surface area contributed by atoms with Crippen LogP contribution in [0.4, 0.5) is 0 Å². The third kappa shape index (κ3) is 6.80. The number of sulfonamides is 1. The number of hydrogen-bond acceptors (Lipinski definition) is 4. The molecule has 178 valence electrons. The first-order valence-electron chi connectivity index (χ1n) is 11.7. The number of piperidine rings is 1. The molecule has 1 aliphatic heterocycles. The molecule has 0 aliphatic carbocycles. The SMILES string of the molecule is C#CCNC(=O)CCCCN(C1CCN([C@H](C)c2cccc3ccccc23)CC1)S(C)(=O)=O. The number of benzene rings is 2. The fourth-order valence-electron chi connectivity index (χ4n) is 4.78. The van der Waals surface area contributed by atoms with Crippen molar-refractivity contribution in [1.82, 2.24) is 14.5 Å². The van der Waals surface area contributed by atoms with Gasteiger partial charge < -0.3 is 5.32 Å². The highest BCUT2D eigenvalue weighted by molar-refractivity contribution is 7.88. The molecule has 1 atom stereocenters. The Morgan fingerprint density at radius 2 is 1.88 bits per heavy atom. The molecule has 1 aliphatic rings. The van der Waals surface area contributed by atoms with Gasteiger partial charge in [-0.1, -0.05) is 48.4 Å². The molecule has 0 spiro atoms. The minimum Gasteiger partial charge on any atom is -0.345 e. The average molecular weight is 470 g/mol. The number of rotatable bonds is 10. The third-order valence-corrected chi connectivity index (χ3v) is 7.91. The number of carbonyl (C=O) groups excluding carboxylic acids is 1. The van der Waals surface area contributed by atoms with Gasteiger partial charge in [-0.25, -0.2) is 8.42 Å². The van der Waals surface area contributed by atoms with Gasteiger partial charge >= 0.3 is 0 Å². The fraction of sp³-hybridized carbons (Fsp3) is 0.500. The first kappa shape index (κ1) is 25.2. The fourth-order valence-corrected chi connectivity index (χ4v) is 6.00. The van der Waals surface area contributed by atoms with Crippen LogP contribution < -0.4 is 5.32 Å². The van der Waals surface area contributed by atoms with Crippen LogP contribution in [0.25, 0.3) is 10.8 Å². The number of amides is 1. The minimum absolute atomic E-state index is 0.00577. The monoisotopic (exact) mass is 469 g/mol. The van der Waals surface area contributed by atoms with E-state index in [1.54, 1.807) is 4.31 Å². The van der Waals surface area contributed by atoms with E-state index in [4.69, 9.17) is 6.42 Å². The lowest BCUT2D eigenvalue weighted by Crippen LogP contribution is -2.47. The summed E-state index contributed by atoms with van der Waals surface area (Å²) in [5.41, 5.74) is 1.31. The summed E-state index contributed by atoms with van der Waals surface area (Å²) in [4.78, 5) is 14.2. The van der Waals surface area contributed by atoms with E-state index in [0.717, 1.165) is 25.9 Å². The highest BCUT2D eigenvalue weighted by Crippen LogP contribution is 2.31. The number of carbonyl (C=O) groups is 1. The first-order valence-corrected chi connectivity index (χ1v) is 13.5. The summed E-state index contributed by atoms with van der Waals surface area (Å²) in [6, 6.07) is 15.2. The van der Waals surface area contributed by atoms with Crippen molar-refractivity contribution in [3.05, 3.63) is 48.0 Å². The van der Waals surface area contributed by atoms with Crippen LogP contribution in [0.3, 0.4) is 0 Å². The van der Waals surface area contributed by atoms with Crippen LogP contribution in [0.15, 0.2) is 42.5 Å². The van der Waals surface area contributed by atoms with Crippen molar-refractivity contribution >= 4 is 26.7 Å². The second-order valence-corrected chi connectivity index (χ2v) is 10.8. The van der Waals surface area contributed by atoms with E-state index in [1.165, 1.54) is 22.6 Å². The number of nitrogens with one attached hydrogen (secondary N) is 1. The van der Waals surface area contributed by atoms with Gasteiger partial charge in [0.05, 0.1) is 12.8 Å². The Labute approximate surface area is 198 Å². The van der Waals surface area contributed by atoms with Crippen LogP contribution in [-0.2, 0) is 14.8 Å². The molecule has 0 bridgehead atoms. The molecule has 0 aromatic heterocycles. The van der Waals surface area contributed by atoms with E-state index in [1.807, 2.05) is 0 Å². The number of nitrogens with zero attached hydrogens (tertiary/aromatic N) is 2. The maximum Gasteiger partial charge on any atom is 0.220 e. The predicted octanol–water partition coefficient (Wildman–Crippen LogP) is 3.55. The lowest BCUT2D eigenvalue weighted by Gasteiger charge is -2.40. The molecule has 33 heavy (non-hydrogen) atoms. The van der Waals surface area contributed by atoms with Gasteiger partial charge in [-0.3, -0.25) is 9.69 Å². The van der Waals surface area contributed by atoms with Gasteiger partial charge in [0.25, 0.3) is 0 Å². The van der Waals surface area contributed by atoms with Crippen LogP contribution in [0, 0.1) is 12.3 Å². The molecule has 1 N–H and O–H groups in total. The molecule has 6 nitrogen and oxygen atoms in total. The van der Waals surface area contributed by atoms with Gasteiger partial charge in [0.15, 0.2) is 0 Å². The Morgan fingerprint density at radius 3 is 2.58 bits per heavy atom. The van der Waals surface area contributed by atoms with Gasteiger partial charge in [-0.2, -0.15) is 4.31 Å². The summed E-state index contributed by atoms with van der Waals surface area (Å²) in [5, 5.41) is 5.16. The normalized spacial score (nSPS) is 16.5. The first-order chi connectivity index (χ1) is 15.8. The lowest BCUT2D eigenvalue weighted by atomic mass is 9.96. The molecule has 3 rings (SSSR count). The molecule has 1 heterocycles. The number of unbranched alkanes of at least 4 members (excludes halogenated alkanes) is 1. The number of hydrogen-bond donors (Lipinski definition) is 1. The van der Waals surface area contributed by atoms with E-state index < -0.39 is 10.0 Å². The topological polar surface area (TPSA) is 69.7 Å². The molecular weight excluding hydrogens is 434 g/mol. The van der Waals surface area contributed by atoms with Gasteiger partial charge in [0.1, 0.15) is 0 Å². The molecule has 0 saturated carbocycles. The molecule has 1 saturated heterocycles. The highest BCUT2D eigenvalue weighted by atomic mass is 32.2. The van der Waals surface area contributed by atoms with Crippen LogP contribution >= 0.6 is 0 Å². The summed E-state index contributed by atoms with van der Waals surface area (Å²) in [5.74, 6) is 2.29. The van der Waals surface area contributed by atoms with E-state index in [-0.39, 0.29) is 24.5 Å². The summed E-state index contributed by atoms with van der Waals surface area (Å²) in [7, 11) is -3.31. The van der Waals surface area contributed by atoms with E-state index in [0.29, 0.717) is 25.8 Å². The molecule has 1 fully saturated rings. The van der Waals surface area contributed by atoms with Gasteiger partial charge in [-0.15, -0.1) is 6.42 Å². The zero-order chi connectivity index (χ0) is 23.8. The lowest BCUT2D eigenvalue weighted by molar-refractivity contribution is -0.120. The van der Waals surface area contributed by atoms with Crippen molar-refractivity contribution < 1.29 is 13.2 Å². The minimum atomic E-state index is -3.31. The number of fused-ring (bicyclic) bond motifs is 1. The number of likely N-dealkylation sites (tertiary alicyclic amines) is 1. The Hall–Kier alpha value is -2.40. The largest absolute Gasteiger partial charge is 0.345 e. The summed E-state index contributed by atoms with van der Waals surface area (Å²) in [6.45, 7) is 4.63. The van der Waals surface area contributed by atoms with E-state index in [9.17, 15) is 13.2 Å². The average Bonchev–Trinajstić information content (AvgIpc) is 2.81. The Morgan fingerprint density at radius 1 is 1.18 bits per heavy atom. The molecular formula is C26H35N3O3S. The molecule has 7 heteroatoms.